The molecule has 1 aromatic heterocycles. The number of hydrogen-bond donors (Lipinski definition) is 3. The standard InChI is InChI=1S/C23H29FN4O3.HI/c1-5-25-23(26-9-8-16-14-27-19-7-6-17(24)12-18(16)19)28-13-15-10-20(29-2)22(31-4)21(11-15)30-3;/h6-7,10-12,14,27H,5,8-9,13H2,1-4H3,(H2,25,26,28);1H. The molecule has 2 aromatic carbocycles. The van der Waals surface area contributed by atoms with E-state index < -0.39 is 0 Å². The van der Waals surface area contributed by atoms with Gasteiger partial charge in [0.2, 0.25) is 5.75 Å². The fraction of sp³-hybridized carbons (Fsp3) is 0.348. The van der Waals surface area contributed by atoms with Gasteiger partial charge in [-0.1, -0.05) is 0 Å². The Balaban J connectivity index is 0.00000363. The van der Waals surface area contributed by atoms with E-state index in [1.165, 1.54) is 6.07 Å². The number of hydrogen-bond acceptors (Lipinski definition) is 4. The summed E-state index contributed by atoms with van der Waals surface area (Å²) in [7, 11) is 4.76. The number of fused-ring (bicyclic) bond motifs is 1. The smallest absolute Gasteiger partial charge is 0.203 e. The zero-order valence-corrected chi connectivity index (χ0v) is 21.1. The van der Waals surface area contributed by atoms with Gasteiger partial charge in [-0.2, -0.15) is 0 Å². The Morgan fingerprint density at radius 3 is 2.38 bits per heavy atom. The molecule has 0 spiro atoms. The van der Waals surface area contributed by atoms with E-state index in [0.29, 0.717) is 36.3 Å². The summed E-state index contributed by atoms with van der Waals surface area (Å²) in [5, 5.41) is 7.48. The minimum absolute atomic E-state index is 0. The molecule has 0 bridgehead atoms. The van der Waals surface area contributed by atoms with Crippen molar-refractivity contribution >= 4 is 40.8 Å². The van der Waals surface area contributed by atoms with Gasteiger partial charge in [-0.15, -0.1) is 24.0 Å². The Morgan fingerprint density at radius 1 is 1.03 bits per heavy atom. The summed E-state index contributed by atoms with van der Waals surface area (Å²) in [5.74, 6) is 2.20. The number of H-pyrrole nitrogens is 1. The summed E-state index contributed by atoms with van der Waals surface area (Å²) in [6.07, 6.45) is 2.66. The van der Waals surface area contributed by atoms with Crippen LogP contribution in [-0.2, 0) is 13.0 Å². The first-order valence-electron chi connectivity index (χ1n) is 10.2. The average molecular weight is 556 g/mol. The maximum Gasteiger partial charge on any atom is 0.203 e. The van der Waals surface area contributed by atoms with Crippen LogP contribution in [-0.4, -0.2) is 45.4 Å². The number of ether oxygens (including phenoxy) is 3. The van der Waals surface area contributed by atoms with Gasteiger partial charge in [-0.25, -0.2) is 9.38 Å². The number of nitrogens with one attached hydrogen (secondary N) is 3. The number of methoxy groups -OCH3 is 3. The monoisotopic (exact) mass is 556 g/mol. The van der Waals surface area contributed by atoms with Crippen molar-refractivity contribution in [2.45, 2.75) is 19.9 Å². The first-order chi connectivity index (χ1) is 15.1. The molecule has 0 fully saturated rings. The van der Waals surface area contributed by atoms with E-state index >= 15 is 0 Å². The largest absolute Gasteiger partial charge is 0.493 e. The van der Waals surface area contributed by atoms with Crippen LogP contribution >= 0.6 is 24.0 Å². The number of aliphatic imine (C=N–C) groups is 1. The number of guanidine groups is 1. The van der Waals surface area contributed by atoms with Crippen molar-refractivity contribution in [3.05, 3.63) is 53.5 Å². The summed E-state index contributed by atoms with van der Waals surface area (Å²) >= 11 is 0. The molecule has 0 saturated heterocycles. The van der Waals surface area contributed by atoms with E-state index in [1.807, 2.05) is 25.3 Å². The molecule has 0 aliphatic heterocycles. The fourth-order valence-corrected chi connectivity index (χ4v) is 3.41. The van der Waals surface area contributed by atoms with E-state index in [-0.39, 0.29) is 29.8 Å². The van der Waals surface area contributed by atoms with Crippen LogP contribution in [0, 0.1) is 5.82 Å². The third-order valence-electron chi connectivity index (χ3n) is 4.90. The Labute approximate surface area is 204 Å². The number of halogens is 2. The van der Waals surface area contributed by atoms with E-state index in [0.717, 1.165) is 35.0 Å². The number of rotatable bonds is 9. The first kappa shape index (κ1) is 25.6. The van der Waals surface area contributed by atoms with Crippen LogP contribution in [0.5, 0.6) is 17.2 Å². The Morgan fingerprint density at radius 2 is 1.75 bits per heavy atom. The van der Waals surface area contributed by atoms with Gasteiger partial charge in [-0.3, -0.25) is 0 Å². The number of benzene rings is 2. The molecule has 3 rings (SSSR count). The van der Waals surface area contributed by atoms with Crippen LogP contribution in [0.25, 0.3) is 10.9 Å². The van der Waals surface area contributed by atoms with Crippen LogP contribution in [0.3, 0.4) is 0 Å². The molecule has 7 nitrogen and oxygen atoms in total. The topological polar surface area (TPSA) is 79.9 Å². The van der Waals surface area contributed by atoms with Crippen molar-refractivity contribution < 1.29 is 18.6 Å². The molecular formula is C23H30FIN4O3. The Hall–Kier alpha value is -2.69. The molecule has 3 N–H and O–H groups in total. The minimum atomic E-state index is -0.235. The van der Waals surface area contributed by atoms with Gasteiger partial charge >= 0.3 is 0 Å². The molecule has 32 heavy (non-hydrogen) atoms. The van der Waals surface area contributed by atoms with Gasteiger partial charge in [0.05, 0.1) is 27.9 Å². The lowest BCUT2D eigenvalue weighted by Gasteiger charge is -2.14. The second kappa shape index (κ2) is 12.4. The highest BCUT2D eigenvalue weighted by molar-refractivity contribution is 14.0. The van der Waals surface area contributed by atoms with Crippen LogP contribution in [0.1, 0.15) is 18.1 Å². The van der Waals surface area contributed by atoms with E-state index in [1.54, 1.807) is 33.5 Å². The predicted octanol–water partition coefficient (Wildman–Crippen LogP) is 4.25. The van der Waals surface area contributed by atoms with Crippen molar-refractivity contribution in [1.29, 1.82) is 0 Å². The van der Waals surface area contributed by atoms with Gasteiger partial charge in [0, 0.05) is 30.2 Å². The van der Waals surface area contributed by atoms with Crippen LogP contribution < -0.4 is 24.8 Å². The van der Waals surface area contributed by atoms with Gasteiger partial charge in [-0.05, 0) is 54.8 Å². The third-order valence-corrected chi connectivity index (χ3v) is 4.90. The van der Waals surface area contributed by atoms with Gasteiger partial charge < -0.3 is 29.8 Å². The lowest BCUT2D eigenvalue weighted by atomic mass is 10.1. The fourth-order valence-electron chi connectivity index (χ4n) is 3.41. The maximum atomic E-state index is 13.6. The molecule has 0 atom stereocenters. The SMILES string of the molecule is CCNC(=NCc1cc(OC)c(OC)c(OC)c1)NCCc1c[nH]c2ccc(F)cc12.I. The van der Waals surface area contributed by atoms with Crippen LogP contribution in [0.15, 0.2) is 41.5 Å². The van der Waals surface area contributed by atoms with Crippen molar-refractivity contribution in [2.24, 2.45) is 4.99 Å². The van der Waals surface area contributed by atoms with Crippen LogP contribution in [0.2, 0.25) is 0 Å². The van der Waals surface area contributed by atoms with E-state index in [2.05, 4.69) is 20.6 Å². The third kappa shape index (κ3) is 6.18. The number of aromatic amines is 1. The molecule has 0 saturated carbocycles. The molecule has 0 radical (unpaired) electrons. The molecular weight excluding hydrogens is 526 g/mol. The molecule has 9 heteroatoms. The highest BCUT2D eigenvalue weighted by Gasteiger charge is 2.13. The second-order valence-corrected chi connectivity index (χ2v) is 6.91. The average Bonchev–Trinajstić information content (AvgIpc) is 3.18. The zero-order valence-electron chi connectivity index (χ0n) is 18.8. The van der Waals surface area contributed by atoms with Crippen LogP contribution in [0.4, 0.5) is 4.39 Å². The van der Waals surface area contributed by atoms with E-state index in [9.17, 15) is 4.39 Å². The van der Waals surface area contributed by atoms with E-state index in [4.69, 9.17) is 14.2 Å². The summed E-state index contributed by atoms with van der Waals surface area (Å²) < 4.78 is 29.8. The summed E-state index contributed by atoms with van der Waals surface area (Å²) in [6.45, 7) is 3.84. The molecule has 0 aliphatic carbocycles. The molecule has 0 aliphatic rings. The summed E-state index contributed by atoms with van der Waals surface area (Å²) in [4.78, 5) is 7.84. The van der Waals surface area contributed by atoms with Gasteiger partial charge in [0.1, 0.15) is 5.82 Å². The summed E-state index contributed by atoms with van der Waals surface area (Å²) in [6, 6.07) is 8.54. The normalized spacial score (nSPS) is 11.1. The molecule has 1 heterocycles. The first-order valence-corrected chi connectivity index (χ1v) is 10.2. The van der Waals surface area contributed by atoms with Gasteiger partial charge in [0.15, 0.2) is 17.5 Å². The Kier molecular flexibility index (Phi) is 9.89. The molecule has 0 amide bonds. The molecule has 174 valence electrons. The van der Waals surface area contributed by atoms with Crippen molar-refractivity contribution in [1.82, 2.24) is 15.6 Å². The molecule has 0 unspecified atom stereocenters. The predicted molar refractivity (Wildman–Crippen MR) is 136 cm³/mol. The maximum absolute atomic E-state index is 13.6. The highest BCUT2D eigenvalue weighted by atomic mass is 127. The van der Waals surface area contributed by atoms with Crippen molar-refractivity contribution in [3.8, 4) is 17.2 Å². The Bertz CT molecular complexity index is 1030. The highest BCUT2D eigenvalue weighted by Crippen LogP contribution is 2.38. The second-order valence-electron chi connectivity index (χ2n) is 6.91. The van der Waals surface area contributed by atoms with Gasteiger partial charge in [0.25, 0.3) is 0 Å². The quantitative estimate of drug-likeness (QED) is 0.209. The van der Waals surface area contributed by atoms with Crippen molar-refractivity contribution in [3.63, 3.8) is 0 Å². The molecule has 3 aromatic rings. The van der Waals surface area contributed by atoms with Crippen molar-refractivity contribution in [2.75, 3.05) is 34.4 Å². The lowest BCUT2D eigenvalue weighted by Crippen LogP contribution is -2.38. The number of aromatic nitrogens is 1. The number of nitrogens with zero attached hydrogens (tertiary/aromatic N) is 1. The zero-order chi connectivity index (χ0) is 22.2. The lowest BCUT2D eigenvalue weighted by molar-refractivity contribution is 0.324. The summed E-state index contributed by atoms with van der Waals surface area (Å²) in [5.41, 5.74) is 2.92. The minimum Gasteiger partial charge on any atom is -0.493 e.